The minimum absolute atomic E-state index is 0.0346. The second kappa shape index (κ2) is 4.74. The summed E-state index contributed by atoms with van der Waals surface area (Å²) >= 11 is 1.67. The molecule has 0 aliphatic rings. The van der Waals surface area contributed by atoms with E-state index in [9.17, 15) is 0 Å². The van der Waals surface area contributed by atoms with Crippen molar-refractivity contribution in [2.24, 2.45) is 5.84 Å². The van der Waals surface area contributed by atoms with Crippen LogP contribution >= 0.6 is 11.3 Å². The van der Waals surface area contributed by atoms with E-state index in [2.05, 4.69) is 29.5 Å². The Morgan fingerprint density at radius 1 is 1.31 bits per heavy atom. The summed E-state index contributed by atoms with van der Waals surface area (Å²) in [7, 11) is 0. The van der Waals surface area contributed by atoms with Gasteiger partial charge in [0.1, 0.15) is 0 Å². The molecule has 0 fully saturated rings. The molecule has 16 heavy (non-hydrogen) atoms. The lowest BCUT2D eigenvalue weighted by atomic mass is 10.0. The van der Waals surface area contributed by atoms with E-state index >= 15 is 0 Å². The van der Waals surface area contributed by atoms with Crippen molar-refractivity contribution in [1.82, 2.24) is 10.4 Å². The van der Waals surface area contributed by atoms with Gasteiger partial charge in [-0.3, -0.25) is 5.84 Å². The topological polar surface area (TPSA) is 50.9 Å². The molecule has 0 aliphatic heterocycles. The summed E-state index contributed by atoms with van der Waals surface area (Å²) in [4.78, 5) is 5.41. The van der Waals surface area contributed by atoms with E-state index in [1.807, 2.05) is 25.3 Å². The van der Waals surface area contributed by atoms with E-state index in [-0.39, 0.29) is 6.04 Å². The van der Waals surface area contributed by atoms with Crippen LogP contribution in [-0.4, -0.2) is 4.98 Å². The summed E-state index contributed by atoms with van der Waals surface area (Å²) < 4.78 is 0. The molecule has 0 saturated carbocycles. The normalized spacial score (nSPS) is 12.7. The smallest absolute Gasteiger partial charge is 0.0897 e. The predicted molar refractivity (Wildman–Crippen MR) is 67.2 cm³/mol. The van der Waals surface area contributed by atoms with E-state index < -0.39 is 0 Å². The van der Waals surface area contributed by atoms with Crippen molar-refractivity contribution < 1.29 is 0 Å². The van der Waals surface area contributed by atoms with Gasteiger partial charge in [-0.15, -0.1) is 11.3 Å². The number of rotatable bonds is 3. The molecule has 1 aromatic heterocycles. The van der Waals surface area contributed by atoms with Gasteiger partial charge < -0.3 is 0 Å². The van der Waals surface area contributed by atoms with E-state index in [4.69, 9.17) is 5.84 Å². The second-order valence-electron chi connectivity index (χ2n) is 3.74. The summed E-state index contributed by atoms with van der Waals surface area (Å²) in [5.41, 5.74) is 5.29. The quantitative estimate of drug-likeness (QED) is 0.632. The molecule has 3 nitrogen and oxygen atoms in total. The third kappa shape index (κ3) is 2.14. The zero-order valence-corrected chi connectivity index (χ0v) is 10.2. The van der Waals surface area contributed by atoms with Gasteiger partial charge in [0.2, 0.25) is 0 Å². The number of benzene rings is 1. The number of hydrazine groups is 1. The molecule has 0 aliphatic carbocycles. The lowest BCUT2D eigenvalue weighted by Crippen LogP contribution is -2.28. The number of hydrogen-bond donors (Lipinski definition) is 2. The van der Waals surface area contributed by atoms with Gasteiger partial charge in [0.25, 0.3) is 0 Å². The van der Waals surface area contributed by atoms with Crippen LogP contribution in [0.5, 0.6) is 0 Å². The summed E-state index contributed by atoms with van der Waals surface area (Å²) in [5, 5.41) is 1.06. The largest absolute Gasteiger partial charge is 0.271 e. The third-order valence-corrected chi connectivity index (χ3v) is 3.57. The van der Waals surface area contributed by atoms with Crippen LogP contribution in [0.3, 0.4) is 0 Å². The highest BCUT2D eigenvalue weighted by atomic mass is 32.1. The molecular formula is C12H15N3S. The van der Waals surface area contributed by atoms with Crippen LogP contribution in [-0.2, 0) is 0 Å². The van der Waals surface area contributed by atoms with Gasteiger partial charge in [-0.05, 0) is 25.0 Å². The van der Waals surface area contributed by atoms with E-state index in [1.165, 1.54) is 11.1 Å². The summed E-state index contributed by atoms with van der Waals surface area (Å²) in [6.45, 7) is 4.09. The van der Waals surface area contributed by atoms with Crippen molar-refractivity contribution in [1.29, 1.82) is 0 Å². The average Bonchev–Trinajstić information content (AvgIpc) is 2.69. The molecule has 2 aromatic rings. The fourth-order valence-electron chi connectivity index (χ4n) is 1.75. The maximum absolute atomic E-state index is 5.64. The number of aromatic nitrogens is 1. The monoisotopic (exact) mass is 233 g/mol. The van der Waals surface area contributed by atoms with Crippen molar-refractivity contribution in [3.05, 3.63) is 51.5 Å². The molecule has 84 valence electrons. The van der Waals surface area contributed by atoms with E-state index in [1.54, 1.807) is 11.3 Å². The van der Waals surface area contributed by atoms with Crippen molar-refractivity contribution in [3.8, 4) is 0 Å². The summed E-state index contributed by atoms with van der Waals surface area (Å²) in [6, 6.07) is 8.28. The zero-order valence-electron chi connectivity index (χ0n) is 9.40. The Morgan fingerprint density at radius 3 is 2.62 bits per heavy atom. The SMILES string of the molecule is Cc1ncc(C(NN)c2ccccc2C)s1. The first-order valence-corrected chi connectivity index (χ1v) is 5.98. The number of nitrogens with zero attached hydrogens (tertiary/aromatic N) is 1. The molecule has 4 heteroatoms. The van der Waals surface area contributed by atoms with Crippen LogP contribution in [0.25, 0.3) is 0 Å². The van der Waals surface area contributed by atoms with E-state index in [0.29, 0.717) is 0 Å². The van der Waals surface area contributed by atoms with Crippen LogP contribution < -0.4 is 11.3 Å². The van der Waals surface area contributed by atoms with Crippen molar-refractivity contribution >= 4 is 11.3 Å². The summed E-state index contributed by atoms with van der Waals surface area (Å²) in [5.74, 6) is 5.64. The number of aryl methyl sites for hydroxylation is 2. The first-order chi connectivity index (χ1) is 7.72. The lowest BCUT2D eigenvalue weighted by molar-refractivity contribution is 0.642. The first kappa shape index (κ1) is 11.3. The Balaban J connectivity index is 2.40. The van der Waals surface area contributed by atoms with Crippen LogP contribution in [0.4, 0.5) is 0 Å². The van der Waals surface area contributed by atoms with Gasteiger partial charge in [-0.1, -0.05) is 24.3 Å². The van der Waals surface area contributed by atoms with Crippen LogP contribution in [0.2, 0.25) is 0 Å². The van der Waals surface area contributed by atoms with Crippen molar-refractivity contribution in [3.63, 3.8) is 0 Å². The molecule has 1 heterocycles. The van der Waals surface area contributed by atoms with Crippen LogP contribution in [0, 0.1) is 13.8 Å². The number of nitrogens with one attached hydrogen (secondary N) is 1. The molecule has 1 aromatic carbocycles. The minimum Gasteiger partial charge on any atom is -0.271 e. The Bertz CT molecular complexity index is 479. The molecule has 1 atom stereocenters. The Kier molecular flexibility index (Phi) is 3.33. The van der Waals surface area contributed by atoms with Crippen LogP contribution in [0.1, 0.15) is 27.1 Å². The molecule has 0 saturated heterocycles. The highest BCUT2D eigenvalue weighted by Crippen LogP contribution is 2.27. The van der Waals surface area contributed by atoms with Gasteiger partial charge in [0.05, 0.1) is 11.0 Å². The molecule has 3 N–H and O–H groups in total. The van der Waals surface area contributed by atoms with Gasteiger partial charge >= 0.3 is 0 Å². The lowest BCUT2D eigenvalue weighted by Gasteiger charge is -2.16. The molecule has 1 unspecified atom stereocenters. The Hall–Kier alpha value is -1.23. The minimum atomic E-state index is 0.0346. The molecule has 0 amide bonds. The fraction of sp³-hybridized carbons (Fsp3) is 0.250. The van der Waals surface area contributed by atoms with Crippen molar-refractivity contribution in [2.45, 2.75) is 19.9 Å². The zero-order chi connectivity index (χ0) is 11.5. The average molecular weight is 233 g/mol. The number of hydrogen-bond acceptors (Lipinski definition) is 4. The highest BCUT2D eigenvalue weighted by Gasteiger charge is 2.16. The third-order valence-electron chi connectivity index (χ3n) is 2.59. The predicted octanol–water partition coefficient (Wildman–Crippen LogP) is 2.31. The Morgan fingerprint density at radius 2 is 2.06 bits per heavy atom. The Labute approximate surface area is 99.3 Å². The standard InChI is InChI=1S/C12H15N3S/c1-8-5-3-4-6-10(8)12(15-13)11-7-14-9(2)16-11/h3-7,12,15H,13H2,1-2H3. The molecule has 0 bridgehead atoms. The first-order valence-electron chi connectivity index (χ1n) is 5.16. The number of thiazole rings is 1. The fourth-order valence-corrected chi connectivity index (χ4v) is 2.61. The van der Waals surface area contributed by atoms with Crippen molar-refractivity contribution in [2.75, 3.05) is 0 Å². The van der Waals surface area contributed by atoms with Gasteiger partial charge in [-0.2, -0.15) is 0 Å². The van der Waals surface area contributed by atoms with Gasteiger partial charge in [0.15, 0.2) is 0 Å². The second-order valence-corrected chi connectivity index (χ2v) is 5.00. The molecular weight excluding hydrogens is 218 g/mol. The van der Waals surface area contributed by atoms with Gasteiger partial charge in [-0.25, -0.2) is 10.4 Å². The molecule has 0 spiro atoms. The molecule has 0 radical (unpaired) electrons. The van der Waals surface area contributed by atoms with Crippen LogP contribution in [0.15, 0.2) is 30.5 Å². The van der Waals surface area contributed by atoms with E-state index in [0.717, 1.165) is 9.88 Å². The maximum atomic E-state index is 5.64. The van der Waals surface area contributed by atoms with Gasteiger partial charge in [0, 0.05) is 11.1 Å². The maximum Gasteiger partial charge on any atom is 0.0897 e. The molecule has 2 rings (SSSR count). The number of nitrogens with two attached hydrogens (primary N) is 1. The highest BCUT2D eigenvalue weighted by molar-refractivity contribution is 7.11. The summed E-state index contributed by atoms with van der Waals surface area (Å²) in [6.07, 6.45) is 1.89.